The van der Waals surface area contributed by atoms with E-state index in [0.29, 0.717) is 11.5 Å². The Bertz CT molecular complexity index is 793. The molecular formula is C20H16O3. The van der Waals surface area contributed by atoms with E-state index in [0.717, 1.165) is 16.9 Å². The van der Waals surface area contributed by atoms with Gasteiger partial charge < -0.3 is 9.47 Å². The van der Waals surface area contributed by atoms with E-state index in [1.165, 1.54) is 6.92 Å². The molecule has 3 heteroatoms. The topological polar surface area (TPSA) is 35.5 Å². The van der Waals surface area contributed by atoms with E-state index in [9.17, 15) is 4.79 Å². The maximum Gasteiger partial charge on any atom is 0.308 e. The van der Waals surface area contributed by atoms with Crippen molar-refractivity contribution in [2.24, 2.45) is 0 Å². The maximum atomic E-state index is 11.0. The molecule has 0 saturated carbocycles. The summed E-state index contributed by atoms with van der Waals surface area (Å²) in [6, 6.07) is 25.0. The minimum atomic E-state index is -0.352. The van der Waals surface area contributed by atoms with Crippen molar-refractivity contribution in [3.8, 4) is 28.4 Å². The molecule has 0 bridgehead atoms. The van der Waals surface area contributed by atoms with Gasteiger partial charge in [-0.25, -0.2) is 0 Å². The van der Waals surface area contributed by atoms with Crippen LogP contribution in [0, 0.1) is 0 Å². The zero-order chi connectivity index (χ0) is 16.1. The van der Waals surface area contributed by atoms with Crippen molar-refractivity contribution in [3.63, 3.8) is 0 Å². The molecule has 3 nitrogen and oxygen atoms in total. The predicted molar refractivity (Wildman–Crippen MR) is 89.7 cm³/mol. The average molecular weight is 304 g/mol. The lowest BCUT2D eigenvalue weighted by Gasteiger charge is -2.08. The molecule has 0 spiro atoms. The smallest absolute Gasteiger partial charge is 0.308 e. The third kappa shape index (κ3) is 3.98. The summed E-state index contributed by atoms with van der Waals surface area (Å²) < 4.78 is 10.9. The van der Waals surface area contributed by atoms with E-state index >= 15 is 0 Å². The van der Waals surface area contributed by atoms with Gasteiger partial charge >= 0.3 is 5.97 Å². The number of hydrogen-bond acceptors (Lipinski definition) is 3. The Balaban J connectivity index is 1.75. The second-order valence-electron chi connectivity index (χ2n) is 5.06. The SMILES string of the molecule is CC(=O)Oc1cccc(Oc2ccc(-c3ccccc3)cc2)c1. The molecule has 0 unspecified atom stereocenters. The van der Waals surface area contributed by atoms with Crippen molar-refractivity contribution in [2.45, 2.75) is 6.92 Å². The summed E-state index contributed by atoms with van der Waals surface area (Å²) in [5.41, 5.74) is 2.29. The van der Waals surface area contributed by atoms with Gasteiger partial charge in [-0.1, -0.05) is 48.5 Å². The van der Waals surface area contributed by atoms with Gasteiger partial charge in [0.15, 0.2) is 0 Å². The molecule has 0 heterocycles. The van der Waals surface area contributed by atoms with Crippen LogP contribution in [0.2, 0.25) is 0 Å². The third-order valence-electron chi connectivity index (χ3n) is 3.26. The average Bonchev–Trinajstić information content (AvgIpc) is 2.56. The van der Waals surface area contributed by atoms with Crippen LogP contribution in [0.25, 0.3) is 11.1 Å². The van der Waals surface area contributed by atoms with Crippen LogP contribution < -0.4 is 9.47 Å². The number of carbonyl (C=O) groups is 1. The molecule has 3 aromatic rings. The number of hydrogen-bond donors (Lipinski definition) is 0. The lowest BCUT2D eigenvalue weighted by molar-refractivity contribution is -0.131. The zero-order valence-corrected chi connectivity index (χ0v) is 12.7. The van der Waals surface area contributed by atoms with Gasteiger partial charge in [0, 0.05) is 13.0 Å². The van der Waals surface area contributed by atoms with Gasteiger partial charge in [-0.05, 0) is 35.4 Å². The summed E-state index contributed by atoms with van der Waals surface area (Å²) in [6.45, 7) is 1.37. The van der Waals surface area contributed by atoms with Gasteiger partial charge in [0.1, 0.15) is 17.2 Å². The molecule has 114 valence electrons. The van der Waals surface area contributed by atoms with Crippen molar-refractivity contribution in [3.05, 3.63) is 78.9 Å². The Morgan fingerprint density at radius 2 is 1.35 bits per heavy atom. The predicted octanol–water partition coefficient (Wildman–Crippen LogP) is 5.07. The Labute approximate surface area is 135 Å². The Morgan fingerprint density at radius 1 is 0.696 bits per heavy atom. The monoisotopic (exact) mass is 304 g/mol. The fourth-order valence-electron chi connectivity index (χ4n) is 2.25. The van der Waals surface area contributed by atoms with Gasteiger partial charge in [-0.3, -0.25) is 4.79 Å². The van der Waals surface area contributed by atoms with Crippen LogP contribution in [0.3, 0.4) is 0 Å². The Hall–Kier alpha value is -3.07. The molecule has 0 aliphatic carbocycles. The second kappa shape index (κ2) is 6.79. The molecule has 23 heavy (non-hydrogen) atoms. The van der Waals surface area contributed by atoms with E-state index in [4.69, 9.17) is 9.47 Å². The lowest BCUT2D eigenvalue weighted by atomic mass is 10.1. The van der Waals surface area contributed by atoms with Crippen LogP contribution in [0.15, 0.2) is 78.9 Å². The molecule has 0 radical (unpaired) electrons. The zero-order valence-electron chi connectivity index (χ0n) is 12.7. The molecule has 0 aliphatic heterocycles. The van der Waals surface area contributed by atoms with Crippen LogP contribution in [0.5, 0.6) is 17.2 Å². The number of carbonyl (C=O) groups excluding carboxylic acids is 1. The van der Waals surface area contributed by atoms with Crippen LogP contribution >= 0.6 is 0 Å². The van der Waals surface area contributed by atoms with Gasteiger partial charge in [-0.15, -0.1) is 0 Å². The van der Waals surface area contributed by atoms with Crippen LogP contribution in [-0.4, -0.2) is 5.97 Å². The van der Waals surface area contributed by atoms with E-state index in [2.05, 4.69) is 12.1 Å². The lowest BCUT2D eigenvalue weighted by Crippen LogP contribution is -2.01. The molecule has 3 aromatic carbocycles. The van der Waals surface area contributed by atoms with E-state index in [1.807, 2.05) is 48.5 Å². The molecular weight excluding hydrogens is 288 g/mol. The van der Waals surface area contributed by atoms with Crippen LogP contribution in [0.1, 0.15) is 6.92 Å². The van der Waals surface area contributed by atoms with Crippen molar-refractivity contribution >= 4 is 5.97 Å². The van der Waals surface area contributed by atoms with Crippen molar-refractivity contribution in [1.29, 1.82) is 0 Å². The molecule has 0 saturated heterocycles. The van der Waals surface area contributed by atoms with Crippen LogP contribution in [0.4, 0.5) is 0 Å². The molecule has 3 rings (SSSR count). The highest BCUT2D eigenvalue weighted by atomic mass is 16.5. The summed E-state index contributed by atoms with van der Waals surface area (Å²) in [6.07, 6.45) is 0. The van der Waals surface area contributed by atoms with Gasteiger partial charge in [0.2, 0.25) is 0 Å². The minimum absolute atomic E-state index is 0.352. The highest BCUT2D eigenvalue weighted by Gasteiger charge is 2.03. The minimum Gasteiger partial charge on any atom is -0.457 e. The van der Waals surface area contributed by atoms with E-state index < -0.39 is 0 Å². The second-order valence-corrected chi connectivity index (χ2v) is 5.06. The maximum absolute atomic E-state index is 11.0. The summed E-state index contributed by atoms with van der Waals surface area (Å²) in [5.74, 6) is 1.46. The fourth-order valence-corrected chi connectivity index (χ4v) is 2.25. The first-order valence-corrected chi connectivity index (χ1v) is 7.32. The van der Waals surface area contributed by atoms with E-state index in [-0.39, 0.29) is 5.97 Å². The molecule has 0 N–H and O–H groups in total. The third-order valence-corrected chi connectivity index (χ3v) is 3.26. The highest BCUT2D eigenvalue weighted by Crippen LogP contribution is 2.27. The molecule has 0 amide bonds. The summed E-state index contributed by atoms with van der Waals surface area (Å²) in [7, 11) is 0. The molecule has 0 aliphatic rings. The first-order valence-electron chi connectivity index (χ1n) is 7.32. The summed E-state index contributed by atoms with van der Waals surface area (Å²) in [4.78, 5) is 11.0. The van der Waals surface area contributed by atoms with Crippen molar-refractivity contribution in [2.75, 3.05) is 0 Å². The largest absolute Gasteiger partial charge is 0.457 e. The van der Waals surface area contributed by atoms with Crippen molar-refractivity contribution in [1.82, 2.24) is 0 Å². The fraction of sp³-hybridized carbons (Fsp3) is 0.0500. The number of ether oxygens (including phenoxy) is 2. The normalized spacial score (nSPS) is 10.1. The highest BCUT2D eigenvalue weighted by molar-refractivity contribution is 5.69. The summed E-state index contributed by atoms with van der Waals surface area (Å²) in [5, 5.41) is 0. The molecule has 0 fully saturated rings. The Morgan fingerprint density at radius 3 is 2.04 bits per heavy atom. The number of esters is 1. The van der Waals surface area contributed by atoms with Gasteiger partial charge in [-0.2, -0.15) is 0 Å². The van der Waals surface area contributed by atoms with Gasteiger partial charge in [0.25, 0.3) is 0 Å². The number of rotatable bonds is 4. The molecule has 0 atom stereocenters. The summed E-state index contributed by atoms with van der Waals surface area (Å²) >= 11 is 0. The van der Waals surface area contributed by atoms with Gasteiger partial charge in [0.05, 0.1) is 0 Å². The molecule has 0 aromatic heterocycles. The quantitative estimate of drug-likeness (QED) is 0.498. The van der Waals surface area contributed by atoms with Crippen LogP contribution in [-0.2, 0) is 4.79 Å². The van der Waals surface area contributed by atoms with E-state index in [1.54, 1.807) is 18.2 Å². The first kappa shape index (κ1) is 14.9. The number of benzene rings is 3. The van der Waals surface area contributed by atoms with Crippen molar-refractivity contribution < 1.29 is 14.3 Å². The standard InChI is InChI=1S/C20H16O3/c1-15(21)22-19-8-5-9-20(14-19)23-18-12-10-17(11-13-18)16-6-3-2-4-7-16/h2-14H,1H3. The first-order chi connectivity index (χ1) is 11.2. The Kier molecular flexibility index (Phi) is 4.39.